The number of hydrogen-bond acceptors (Lipinski definition) is 0. The van der Waals surface area contributed by atoms with Crippen molar-refractivity contribution in [2.24, 2.45) is 0 Å². The van der Waals surface area contributed by atoms with Gasteiger partial charge in [0.1, 0.15) is 11.4 Å². The molecule has 0 atom stereocenters. The Bertz CT molecular complexity index is 330. The summed E-state index contributed by atoms with van der Waals surface area (Å²) in [6.45, 7) is 1.25. The summed E-state index contributed by atoms with van der Waals surface area (Å²) in [4.78, 5) is 0. The van der Waals surface area contributed by atoms with Crippen molar-refractivity contribution in [3.8, 4) is 0 Å². The largest absolute Gasteiger partial charge is 0.420 e. The van der Waals surface area contributed by atoms with Crippen LogP contribution in [0.15, 0.2) is 12.1 Å². The first-order valence-corrected chi connectivity index (χ1v) is 3.73. The molecule has 5 heteroatoms. The second-order valence-electron chi connectivity index (χ2n) is 2.55. The third-order valence-electron chi connectivity index (χ3n) is 1.57. The fourth-order valence-electron chi connectivity index (χ4n) is 0.917. The van der Waals surface area contributed by atoms with Gasteiger partial charge in [0.15, 0.2) is 0 Å². The summed E-state index contributed by atoms with van der Waals surface area (Å²) >= 11 is 5.23. The highest BCUT2D eigenvalue weighted by Crippen LogP contribution is 2.37. The van der Waals surface area contributed by atoms with Crippen LogP contribution in [0.4, 0.5) is 17.6 Å². The summed E-state index contributed by atoms with van der Waals surface area (Å²) in [6, 6.07) is 2.23. The molecular weight excluding hydrogens is 208 g/mol. The highest BCUT2D eigenvalue weighted by atomic mass is 35.5. The van der Waals surface area contributed by atoms with Gasteiger partial charge in [-0.2, -0.15) is 13.2 Å². The predicted molar refractivity (Wildman–Crippen MR) is 41.1 cm³/mol. The van der Waals surface area contributed by atoms with Crippen LogP contribution in [0.3, 0.4) is 0 Å². The molecule has 0 aliphatic heterocycles. The van der Waals surface area contributed by atoms with Gasteiger partial charge in [0.25, 0.3) is 0 Å². The van der Waals surface area contributed by atoms with Crippen molar-refractivity contribution < 1.29 is 17.6 Å². The van der Waals surface area contributed by atoms with Crippen LogP contribution in [0.25, 0.3) is 0 Å². The zero-order valence-electron chi connectivity index (χ0n) is 6.54. The Morgan fingerprint density at radius 1 is 1.23 bits per heavy atom. The third-order valence-corrected chi connectivity index (χ3v) is 1.88. The lowest BCUT2D eigenvalue weighted by Crippen LogP contribution is -2.10. The topological polar surface area (TPSA) is 0 Å². The lowest BCUT2D eigenvalue weighted by Gasteiger charge is -2.10. The summed E-state index contributed by atoms with van der Waals surface area (Å²) in [5.41, 5.74) is -1.47. The van der Waals surface area contributed by atoms with Crippen LogP contribution < -0.4 is 0 Å². The molecule has 0 saturated heterocycles. The van der Waals surface area contributed by atoms with Crippen molar-refractivity contribution in [1.82, 2.24) is 0 Å². The zero-order chi connectivity index (χ0) is 10.2. The van der Waals surface area contributed by atoms with Crippen LogP contribution in [0, 0.1) is 12.7 Å². The molecule has 0 saturated carbocycles. The van der Waals surface area contributed by atoms with Gasteiger partial charge < -0.3 is 0 Å². The van der Waals surface area contributed by atoms with Crippen LogP contribution in [0.5, 0.6) is 0 Å². The number of alkyl halides is 3. The second-order valence-corrected chi connectivity index (χ2v) is 2.96. The number of rotatable bonds is 0. The number of benzene rings is 1. The highest BCUT2D eigenvalue weighted by molar-refractivity contribution is 6.31. The molecule has 0 fully saturated rings. The minimum atomic E-state index is -4.74. The van der Waals surface area contributed by atoms with Gasteiger partial charge >= 0.3 is 6.18 Å². The molecule has 0 N–H and O–H groups in total. The maximum Gasteiger partial charge on any atom is 0.420 e. The Hall–Kier alpha value is -0.770. The first-order valence-electron chi connectivity index (χ1n) is 3.36. The van der Waals surface area contributed by atoms with E-state index in [0.717, 1.165) is 6.07 Å². The van der Waals surface area contributed by atoms with E-state index in [1.54, 1.807) is 0 Å². The molecule has 1 aromatic rings. The molecule has 0 radical (unpaired) electrons. The van der Waals surface area contributed by atoms with Crippen molar-refractivity contribution in [3.05, 3.63) is 34.1 Å². The van der Waals surface area contributed by atoms with E-state index in [4.69, 9.17) is 11.6 Å². The smallest absolute Gasteiger partial charge is 0.206 e. The van der Waals surface area contributed by atoms with E-state index in [-0.39, 0.29) is 5.56 Å². The Morgan fingerprint density at radius 2 is 1.77 bits per heavy atom. The van der Waals surface area contributed by atoms with Crippen molar-refractivity contribution >= 4 is 11.6 Å². The standard InChI is InChI=1S/C8H5ClF4/c1-4-2-3-5(9)6(7(4)10)8(11,12)13/h2-3H,1H3. The molecule has 0 bridgehead atoms. The molecule has 0 amide bonds. The number of aryl methyl sites for hydroxylation is 1. The maximum atomic E-state index is 13.0. The average molecular weight is 213 g/mol. The van der Waals surface area contributed by atoms with E-state index in [9.17, 15) is 17.6 Å². The molecular formula is C8H5ClF4. The van der Waals surface area contributed by atoms with Crippen LogP contribution in [-0.2, 0) is 6.18 Å². The molecule has 0 nitrogen and oxygen atoms in total. The van der Waals surface area contributed by atoms with Gasteiger partial charge in [-0.25, -0.2) is 4.39 Å². The molecule has 0 unspecified atom stereocenters. The maximum absolute atomic E-state index is 13.0. The molecule has 1 rings (SSSR count). The second kappa shape index (κ2) is 3.18. The zero-order valence-corrected chi connectivity index (χ0v) is 7.30. The molecule has 1 aromatic carbocycles. The molecule has 0 spiro atoms. The molecule has 0 aliphatic rings. The normalized spacial score (nSPS) is 11.8. The van der Waals surface area contributed by atoms with Gasteiger partial charge in [-0.3, -0.25) is 0 Å². The van der Waals surface area contributed by atoms with Gasteiger partial charge in [0, 0.05) is 0 Å². The molecule has 0 aromatic heterocycles. The van der Waals surface area contributed by atoms with Gasteiger partial charge in [0.05, 0.1) is 5.02 Å². The van der Waals surface area contributed by atoms with E-state index in [1.165, 1.54) is 13.0 Å². The molecule has 72 valence electrons. The predicted octanol–water partition coefficient (Wildman–Crippen LogP) is 3.81. The molecule has 0 heterocycles. The van der Waals surface area contributed by atoms with Gasteiger partial charge in [-0.15, -0.1) is 0 Å². The molecule has 13 heavy (non-hydrogen) atoms. The fraction of sp³-hybridized carbons (Fsp3) is 0.250. The lowest BCUT2D eigenvalue weighted by atomic mass is 10.1. The summed E-state index contributed by atoms with van der Waals surface area (Å²) in [7, 11) is 0. The highest BCUT2D eigenvalue weighted by Gasteiger charge is 2.37. The minimum absolute atomic E-state index is 0.0725. The Morgan fingerprint density at radius 3 is 2.15 bits per heavy atom. The van der Waals surface area contributed by atoms with E-state index < -0.39 is 22.6 Å². The van der Waals surface area contributed by atoms with E-state index in [1.807, 2.05) is 0 Å². The molecule has 0 aliphatic carbocycles. The van der Waals surface area contributed by atoms with Crippen LogP contribution in [-0.4, -0.2) is 0 Å². The Labute approximate surface area is 77.1 Å². The van der Waals surface area contributed by atoms with Crippen LogP contribution in [0.1, 0.15) is 11.1 Å². The summed E-state index contributed by atoms with van der Waals surface area (Å²) in [5.74, 6) is -1.31. The monoisotopic (exact) mass is 212 g/mol. The summed E-state index contributed by atoms with van der Waals surface area (Å²) in [6.07, 6.45) is -4.74. The number of halogens is 5. The average Bonchev–Trinajstić information content (AvgIpc) is 1.95. The van der Waals surface area contributed by atoms with Crippen molar-refractivity contribution in [2.45, 2.75) is 13.1 Å². The van der Waals surface area contributed by atoms with Crippen molar-refractivity contribution in [2.75, 3.05) is 0 Å². The third kappa shape index (κ3) is 1.94. The van der Waals surface area contributed by atoms with Gasteiger partial charge in [-0.05, 0) is 18.6 Å². The first kappa shape index (κ1) is 10.3. The van der Waals surface area contributed by atoms with E-state index >= 15 is 0 Å². The summed E-state index contributed by atoms with van der Waals surface area (Å²) in [5, 5.41) is -0.615. The fourth-order valence-corrected chi connectivity index (χ4v) is 1.17. The van der Waals surface area contributed by atoms with Gasteiger partial charge in [0.2, 0.25) is 0 Å². The SMILES string of the molecule is Cc1ccc(Cl)c(C(F)(F)F)c1F. The Balaban J connectivity index is 3.43. The minimum Gasteiger partial charge on any atom is -0.206 e. The van der Waals surface area contributed by atoms with Crippen LogP contribution in [0.2, 0.25) is 5.02 Å². The number of hydrogen-bond donors (Lipinski definition) is 0. The van der Waals surface area contributed by atoms with Crippen LogP contribution >= 0.6 is 11.6 Å². The quantitative estimate of drug-likeness (QED) is 0.574. The van der Waals surface area contributed by atoms with Gasteiger partial charge in [-0.1, -0.05) is 17.7 Å². The van der Waals surface area contributed by atoms with Crippen molar-refractivity contribution in [1.29, 1.82) is 0 Å². The summed E-state index contributed by atoms with van der Waals surface area (Å²) < 4.78 is 49.4. The van der Waals surface area contributed by atoms with Crippen molar-refractivity contribution in [3.63, 3.8) is 0 Å². The first-order chi connectivity index (χ1) is 5.84. The Kier molecular flexibility index (Phi) is 2.52. The van der Waals surface area contributed by atoms with E-state index in [2.05, 4.69) is 0 Å². The van der Waals surface area contributed by atoms with E-state index in [0.29, 0.717) is 0 Å². The lowest BCUT2D eigenvalue weighted by molar-refractivity contribution is -0.139.